The first-order chi connectivity index (χ1) is 14.6. The topological polar surface area (TPSA) is 98.5 Å². The Morgan fingerprint density at radius 3 is 2.63 bits per heavy atom. The van der Waals surface area contributed by atoms with E-state index in [1.54, 1.807) is 30.0 Å². The van der Waals surface area contributed by atoms with Crippen molar-refractivity contribution in [3.63, 3.8) is 0 Å². The molecular formula is C22H24N4O4. The van der Waals surface area contributed by atoms with Crippen molar-refractivity contribution < 1.29 is 19.4 Å². The van der Waals surface area contributed by atoms with Gasteiger partial charge >= 0.3 is 0 Å². The maximum Gasteiger partial charge on any atom is 0.273 e. The summed E-state index contributed by atoms with van der Waals surface area (Å²) in [7, 11) is 3.08. The molecule has 1 amide bonds. The van der Waals surface area contributed by atoms with Crippen molar-refractivity contribution in [3.05, 3.63) is 65.5 Å². The fourth-order valence-corrected chi connectivity index (χ4v) is 3.42. The van der Waals surface area contributed by atoms with Crippen molar-refractivity contribution in [2.75, 3.05) is 20.8 Å². The third-order valence-corrected chi connectivity index (χ3v) is 5.14. The Bertz CT molecular complexity index is 1030. The summed E-state index contributed by atoms with van der Waals surface area (Å²) < 4.78 is 12.3. The standard InChI is InChI=1S/C22H24N4O4/c1-29-16-10-11-19(30-2)17(12-16)18(27)13-23-22(28)20-21(14-8-9-14)26(25-24-20)15-6-4-3-5-7-15/h3-7,10-12,14,18,27H,8-9,13H2,1-2H3,(H,23,28). The molecule has 0 spiro atoms. The molecule has 0 radical (unpaired) electrons. The van der Waals surface area contributed by atoms with Crippen LogP contribution in [-0.2, 0) is 0 Å². The predicted molar refractivity (Wildman–Crippen MR) is 110 cm³/mol. The van der Waals surface area contributed by atoms with Gasteiger partial charge in [-0.1, -0.05) is 23.4 Å². The molecule has 1 atom stereocenters. The number of nitrogens with zero attached hydrogens (tertiary/aromatic N) is 3. The molecule has 1 unspecified atom stereocenters. The maximum absolute atomic E-state index is 12.9. The van der Waals surface area contributed by atoms with Gasteiger partial charge in [-0.15, -0.1) is 5.10 Å². The first kappa shape index (κ1) is 19.9. The van der Waals surface area contributed by atoms with E-state index in [0.29, 0.717) is 22.8 Å². The SMILES string of the molecule is COc1ccc(OC)c(C(O)CNC(=O)c2nnn(-c3ccccc3)c2C2CC2)c1. The molecule has 3 aromatic rings. The van der Waals surface area contributed by atoms with Gasteiger partial charge in [0.05, 0.1) is 25.6 Å². The zero-order valence-electron chi connectivity index (χ0n) is 16.9. The minimum atomic E-state index is -0.965. The van der Waals surface area contributed by atoms with Crippen LogP contribution >= 0.6 is 0 Å². The molecule has 4 rings (SSSR count). The molecule has 1 aliphatic rings. The van der Waals surface area contributed by atoms with E-state index in [2.05, 4.69) is 15.6 Å². The van der Waals surface area contributed by atoms with Crippen LogP contribution in [0.3, 0.4) is 0 Å². The van der Waals surface area contributed by atoms with Gasteiger partial charge in [0.2, 0.25) is 0 Å². The molecule has 8 heteroatoms. The Hall–Kier alpha value is -3.39. The molecule has 1 saturated carbocycles. The number of carbonyl (C=O) groups is 1. The van der Waals surface area contributed by atoms with Gasteiger partial charge in [0.15, 0.2) is 5.69 Å². The van der Waals surface area contributed by atoms with Gasteiger partial charge in [-0.2, -0.15) is 0 Å². The van der Waals surface area contributed by atoms with Crippen LogP contribution in [0.2, 0.25) is 0 Å². The van der Waals surface area contributed by atoms with Crippen molar-refractivity contribution in [1.82, 2.24) is 20.3 Å². The first-order valence-electron chi connectivity index (χ1n) is 9.81. The van der Waals surface area contributed by atoms with Gasteiger partial charge in [-0.3, -0.25) is 4.79 Å². The summed E-state index contributed by atoms with van der Waals surface area (Å²) in [5.74, 6) is 1.02. The zero-order chi connectivity index (χ0) is 21.1. The molecule has 2 N–H and O–H groups in total. The quantitative estimate of drug-likeness (QED) is 0.595. The van der Waals surface area contributed by atoms with Crippen LogP contribution in [0.25, 0.3) is 5.69 Å². The molecule has 8 nitrogen and oxygen atoms in total. The molecule has 30 heavy (non-hydrogen) atoms. The number of methoxy groups -OCH3 is 2. The van der Waals surface area contributed by atoms with Crippen LogP contribution in [0.15, 0.2) is 48.5 Å². The molecule has 1 aliphatic carbocycles. The molecule has 1 heterocycles. The second kappa shape index (κ2) is 8.54. The van der Waals surface area contributed by atoms with Gasteiger partial charge in [0.25, 0.3) is 5.91 Å². The lowest BCUT2D eigenvalue weighted by atomic mass is 10.1. The number of carbonyl (C=O) groups excluding carboxylic acids is 1. The van der Waals surface area contributed by atoms with Crippen molar-refractivity contribution in [3.8, 4) is 17.2 Å². The minimum absolute atomic E-state index is 0.00463. The van der Waals surface area contributed by atoms with Gasteiger partial charge < -0.3 is 19.9 Å². The van der Waals surface area contributed by atoms with Crippen molar-refractivity contribution >= 4 is 5.91 Å². The van der Waals surface area contributed by atoms with Crippen LogP contribution in [0.5, 0.6) is 11.5 Å². The lowest BCUT2D eigenvalue weighted by molar-refractivity contribution is 0.0908. The second-order valence-electron chi connectivity index (χ2n) is 7.18. The molecule has 1 aromatic heterocycles. The second-order valence-corrected chi connectivity index (χ2v) is 7.18. The van der Waals surface area contributed by atoms with Crippen LogP contribution in [-0.4, -0.2) is 46.8 Å². The number of ether oxygens (including phenoxy) is 2. The van der Waals surface area contributed by atoms with E-state index >= 15 is 0 Å². The van der Waals surface area contributed by atoms with E-state index in [-0.39, 0.29) is 18.4 Å². The smallest absolute Gasteiger partial charge is 0.273 e. The highest BCUT2D eigenvalue weighted by Crippen LogP contribution is 2.42. The Morgan fingerprint density at radius 1 is 1.20 bits per heavy atom. The summed E-state index contributed by atoms with van der Waals surface area (Å²) in [6, 6.07) is 14.8. The average molecular weight is 408 g/mol. The number of hydrogen-bond acceptors (Lipinski definition) is 6. The van der Waals surface area contributed by atoms with Gasteiger partial charge in [-0.05, 0) is 43.2 Å². The van der Waals surface area contributed by atoms with Gasteiger partial charge in [0.1, 0.15) is 17.6 Å². The first-order valence-corrected chi connectivity index (χ1v) is 9.81. The van der Waals surface area contributed by atoms with Gasteiger partial charge in [0, 0.05) is 18.0 Å². The molecule has 2 aromatic carbocycles. The predicted octanol–water partition coefficient (Wildman–Crippen LogP) is 2.63. The summed E-state index contributed by atoms with van der Waals surface area (Å²) in [6.45, 7) is 0.00463. The number of amides is 1. The number of aliphatic hydroxyl groups excluding tert-OH is 1. The Balaban J connectivity index is 1.52. The Morgan fingerprint density at radius 2 is 1.97 bits per heavy atom. The monoisotopic (exact) mass is 408 g/mol. The minimum Gasteiger partial charge on any atom is -0.497 e. The molecule has 1 fully saturated rings. The lowest BCUT2D eigenvalue weighted by Gasteiger charge is -2.16. The fourth-order valence-electron chi connectivity index (χ4n) is 3.42. The fraction of sp³-hybridized carbons (Fsp3) is 0.318. The third kappa shape index (κ3) is 3.99. The summed E-state index contributed by atoms with van der Waals surface area (Å²) in [5.41, 5.74) is 2.51. The van der Waals surface area contributed by atoms with Crippen LogP contribution < -0.4 is 14.8 Å². The number of benzene rings is 2. The molecule has 0 aliphatic heterocycles. The highest BCUT2D eigenvalue weighted by atomic mass is 16.5. The number of nitrogens with one attached hydrogen (secondary N) is 1. The number of para-hydroxylation sites is 1. The van der Waals surface area contributed by atoms with E-state index in [1.165, 1.54) is 7.11 Å². The van der Waals surface area contributed by atoms with Gasteiger partial charge in [-0.25, -0.2) is 4.68 Å². The van der Waals surface area contributed by atoms with E-state index in [1.807, 2.05) is 30.3 Å². The van der Waals surface area contributed by atoms with Crippen LogP contribution in [0.4, 0.5) is 0 Å². The largest absolute Gasteiger partial charge is 0.497 e. The Labute approximate surface area is 174 Å². The van der Waals surface area contributed by atoms with Crippen molar-refractivity contribution in [2.45, 2.75) is 24.9 Å². The number of aliphatic hydroxyl groups is 1. The van der Waals surface area contributed by atoms with Crippen molar-refractivity contribution in [2.24, 2.45) is 0 Å². The summed E-state index contributed by atoms with van der Waals surface area (Å²) in [4.78, 5) is 12.9. The van der Waals surface area contributed by atoms with Crippen molar-refractivity contribution in [1.29, 1.82) is 0 Å². The molecule has 0 bridgehead atoms. The van der Waals surface area contributed by atoms with E-state index in [0.717, 1.165) is 24.2 Å². The van der Waals surface area contributed by atoms with Crippen LogP contribution in [0.1, 0.15) is 46.6 Å². The highest BCUT2D eigenvalue weighted by molar-refractivity contribution is 5.93. The van der Waals surface area contributed by atoms with E-state index in [9.17, 15) is 9.90 Å². The summed E-state index contributed by atoms with van der Waals surface area (Å²) in [5, 5.41) is 21.8. The van der Waals surface area contributed by atoms with E-state index < -0.39 is 6.10 Å². The summed E-state index contributed by atoms with van der Waals surface area (Å²) >= 11 is 0. The van der Waals surface area contributed by atoms with E-state index in [4.69, 9.17) is 9.47 Å². The number of aromatic nitrogens is 3. The third-order valence-electron chi connectivity index (χ3n) is 5.14. The molecular weight excluding hydrogens is 384 g/mol. The highest BCUT2D eigenvalue weighted by Gasteiger charge is 2.34. The maximum atomic E-state index is 12.9. The lowest BCUT2D eigenvalue weighted by Crippen LogP contribution is -2.29. The van der Waals surface area contributed by atoms with Crippen LogP contribution in [0, 0.1) is 0 Å². The molecule has 156 valence electrons. The number of hydrogen-bond donors (Lipinski definition) is 2. The Kier molecular flexibility index (Phi) is 5.67. The normalized spacial score (nSPS) is 14.2. The zero-order valence-corrected chi connectivity index (χ0v) is 16.9. The average Bonchev–Trinajstić information content (AvgIpc) is 3.54. The number of rotatable bonds is 8. The summed E-state index contributed by atoms with van der Waals surface area (Å²) in [6.07, 6.45) is 1.04. The molecule has 0 saturated heterocycles.